The molecule has 0 aromatic rings. The Morgan fingerprint density at radius 1 is 1.55 bits per heavy atom. The molecular formula is C8H15ClO2. The molecular weight excluding hydrogens is 164 g/mol. The Morgan fingerprint density at radius 2 is 2.00 bits per heavy atom. The van der Waals surface area contributed by atoms with Gasteiger partial charge in [0.15, 0.2) is 5.56 Å². The van der Waals surface area contributed by atoms with E-state index < -0.39 is 5.56 Å². The van der Waals surface area contributed by atoms with Gasteiger partial charge in [-0.3, -0.25) is 4.79 Å². The van der Waals surface area contributed by atoms with E-state index in [1.54, 1.807) is 0 Å². The minimum atomic E-state index is -0.493. The second-order valence-corrected chi connectivity index (χ2v) is 4.27. The number of carbonyl (C=O) groups is 1. The van der Waals surface area contributed by atoms with E-state index in [2.05, 4.69) is 0 Å². The first-order valence-electron chi connectivity index (χ1n) is 3.62. The molecule has 0 heterocycles. The number of esters is 1. The van der Waals surface area contributed by atoms with Crippen LogP contribution in [0.4, 0.5) is 0 Å². The monoisotopic (exact) mass is 178 g/mol. The van der Waals surface area contributed by atoms with E-state index >= 15 is 0 Å². The summed E-state index contributed by atoms with van der Waals surface area (Å²) < 4.78 is 4.75. The molecule has 0 aliphatic rings. The van der Waals surface area contributed by atoms with Crippen molar-refractivity contribution < 1.29 is 9.53 Å². The number of ether oxygens (including phenoxy) is 1. The molecule has 66 valence electrons. The molecule has 1 unspecified atom stereocenters. The number of alkyl halides is 1. The summed E-state index contributed by atoms with van der Waals surface area (Å²) in [6, 6.07) is 0. The van der Waals surface area contributed by atoms with Crippen molar-refractivity contribution in [3.8, 4) is 0 Å². The average Bonchev–Trinajstić information content (AvgIpc) is 1.53. The molecule has 1 atom stereocenters. The zero-order chi connectivity index (χ0) is 9.07. The summed E-state index contributed by atoms with van der Waals surface area (Å²) >= 11 is 5.72. The van der Waals surface area contributed by atoms with Crippen LogP contribution in [0.25, 0.3) is 0 Å². The number of halogens is 1. The van der Waals surface area contributed by atoms with Gasteiger partial charge in [0, 0.05) is 13.3 Å². The molecule has 11 heavy (non-hydrogen) atoms. The van der Waals surface area contributed by atoms with Crippen molar-refractivity contribution >= 4 is 17.6 Å². The van der Waals surface area contributed by atoms with Crippen LogP contribution < -0.4 is 0 Å². The van der Waals surface area contributed by atoms with Gasteiger partial charge >= 0.3 is 5.97 Å². The van der Waals surface area contributed by atoms with Gasteiger partial charge in [0.05, 0.1) is 0 Å². The lowest BCUT2D eigenvalue weighted by molar-refractivity contribution is -0.143. The van der Waals surface area contributed by atoms with Gasteiger partial charge in [-0.25, -0.2) is 0 Å². The molecule has 0 saturated heterocycles. The fourth-order valence-corrected chi connectivity index (χ4v) is 1.29. The van der Waals surface area contributed by atoms with Crippen LogP contribution >= 0.6 is 11.6 Å². The van der Waals surface area contributed by atoms with Crippen molar-refractivity contribution in [2.75, 3.05) is 0 Å². The molecule has 0 fully saturated rings. The summed E-state index contributed by atoms with van der Waals surface area (Å²) in [6.07, 6.45) is 0.675. The first-order chi connectivity index (χ1) is 4.81. The Hall–Kier alpha value is -0.240. The summed E-state index contributed by atoms with van der Waals surface area (Å²) in [6.45, 7) is 7.50. The normalized spacial score (nSPS) is 14.3. The Morgan fingerprint density at radius 3 is 2.27 bits per heavy atom. The van der Waals surface area contributed by atoms with E-state index in [0.717, 1.165) is 0 Å². The molecule has 0 aromatic heterocycles. The lowest BCUT2D eigenvalue weighted by atomic mass is 9.93. The third-order valence-corrected chi connectivity index (χ3v) is 1.31. The van der Waals surface area contributed by atoms with Crippen molar-refractivity contribution in [2.45, 2.75) is 39.7 Å². The maximum Gasteiger partial charge on any atom is 0.304 e. The summed E-state index contributed by atoms with van der Waals surface area (Å²) in [7, 11) is 0. The van der Waals surface area contributed by atoms with Crippen molar-refractivity contribution in [3.05, 3.63) is 0 Å². The molecule has 0 rings (SSSR count). The van der Waals surface area contributed by atoms with Crippen molar-refractivity contribution in [1.29, 1.82) is 0 Å². The fraction of sp³-hybridized carbons (Fsp3) is 0.875. The van der Waals surface area contributed by atoms with Crippen molar-refractivity contribution in [3.63, 3.8) is 0 Å². The van der Waals surface area contributed by atoms with E-state index in [0.29, 0.717) is 6.42 Å². The van der Waals surface area contributed by atoms with Crippen LogP contribution in [0.5, 0.6) is 0 Å². The van der Waals surface area contributed by atoms with Crippen LogP contribution in [-0.4, -0.2) is 11.5 Å². The molecule has 0 aliphatic carbocycles. The zero-order valence-corrected chi connectivity index (χ0v) is 8.23. The second-order valence-electron chi connectivity index (χ2n) is 3.78. The molecule has 2 nitrogen and oxygen atoms in total. The molecule has 0 radical (unpaired) electrons. The van der Waals surface area contributed by atoms with E-state index in [-0.39, 0.29) is 11.4 Å². The zero-order valence-electron chi connectivity index (χ0n) is 7.48. The van der Waals surface area contributed by atoms with E-state index in [1.165, 1.54) is 6.92 Å². The first kappa shape index (κ1) is 10.8. The van der Waals surface area contributed by atoms with Crippen molar-refractivity contribution in [2.24, 2.45) is 5.41 Å². The van der Waals surface area contributed by atoms with Gasteiger partial charge in [-0.15, -0.1) is 0 Å². The van der Waals surface area contributed by atoms with Crippen LogP contribution in [0.15, 0.2) is 0 Å². The number of hydrogen-bond acceptors (Lipinski definition) is 2. The molecule has 0 saturated carbocycles. The lowest BCUT2D eigenvalue weighted by Crippen LogP contribution is -2.17. The average molecular weight is 179 g/mol. The van der Waals surface area contributed by atoms with Gasteiger partial charge in [-0.2, -0.15) is 0 Å². The molecule has 0 amide bonds. The minimum Gasteiger partial charge on any atom is -0.446 e. The summed E-state index contributed by atoms with van der Waals surface area (Å²) in [5.41, 5.74) is -0.394. The number of hydrogen-bond donors (Lipinski definition) is 0. The summed E-state index contributed by atoms with van der Waals surface area (Å²) in [5.74, 6) is -0.325. The van der Waals surface area contributed by atoms with Gasteiger partial charge in [0.2, 0.25) is 0 Å². The summed E-state index contributed by atoms with van der Waals surface area (Å²) in [5, 5.41) is 0. The van der Waals surface area contributed by atoms with Gasteiger partial charge in [0.25, 0.3) is 0 Å². The quantitative estimate of drug-likeness (QED) is 0.480. The third-order valence-electron chi connectivity index (χ3n) is 1.07. The fourth-order valence-electron chi connectivity index (χ4n) is 0.703. The van der Waals surface area contributed by atoms with Crippen LogP contribution in [0.2, 0.25) is 0 Å². The number of carbonyl (C=O) groups excluding carboxylic acids is 1. The predicted molar refractivity (Wildman–Crippen MR) is 45.5 cm³/mol. The van der Waals surface area contributed by atoms with Gasteiger partial charge < -0.3 is 4.74 Å². The molecule has 0 aliphatic heterocycles. The topological polar surface area (TPSA) is 26.3 Å². The minimum absolute atomic E-state index is 0.0991. The molecule has 0 spiro atoms. The van der Waals surface area contributed by atoms with Gasteiger partial charge in [0.1, 0.15) is 0 Å². The molecule has 0 bridgehead atoms. The highest BCUT2D eigenvalue weighted by Crippen LogP contribution is 2.24. The highest BCUT2D eigenvalue weighted by molar-refractivity contribution is 6.20. The molecule has 0 aromatic carbocycles. The SMILES string of the molecule is CC(=O)OC(Cl)CC(C)(C)C. The van der Waals surface area contributed by atoms with Crippen LogP contribution in [0, 0.1) is 5.41 Å². The van der Waals surface area contributed by atoms with Gasteiger partial charge in [-0.1, -0.05) is 32.4 Å². The van der Waals surface area contributed by atoms with Crippen molar-refractivity contribution in [1.82, 2.24) is 0 Å². The van der Waals surface area contributed by atoms with Crippen LogP contribution in [0.3, 0.4) is 0 Å². The van der Waals surface area contributed by atoms with E-state index in [9.17, 15) is 4.79 Å². The Bertz CT molecular complexity index is 138. The van der Waals surface area contributed by atoms with Crippen LogP contribution in [-0.2, 0) is 9.53 Å². The van der Waals surface area contributed by atoms with E-state index in [4.69, 9.17) is 16.3 Å². The maximum atomic E-state index is 10.4. The van der Waals surface area contributed by atoms with E-state index in [1.807, 2.05) is 20.8 Å². The third kappa shape index (κ3) is 7.66. The van der Waals surface area contributed by atoms with Crippen LogP contribution in [0.1, 0.15) is 34.1 Å². The predicted octanol–water partition coefficient (Wildman–Crippen LogP) is 2.55. The standard InChI is InChI=1S/C8H15ClO2/c1-6(10)11-7(9)5-8(2,3)4/h7H,5H2,1-4H3. The maximum absolute atomic E-state index is 10.4. The summed E-state index contributed by atoms with van der Waals surface area (Å²) in [4.78, 5) is 10.4. The molecule has 0 N–H and O–H groups in total. The largest absolute Gasteiger partial charge is 0.446 e. The Kier molecular flexibility index (Phi) is 3.87. The highest BCUT2D eigenvalue weighted by Gasteiger charge is 2.18. The molecule has 3 heteroatoms. The number of rotatable bonds is 2. The Balaban J connectivity index is 3.69. The van der Waals surface area contributed by atoms with Gasteiger partial charge in [-0.05, 0) is 5.41 Å². The second kappa shape index (κ2) is 3.96. The smallest absolute Gasteiger partial charge is 0.304 e. The first-order valence-corrected chi connectivity index (χ1v) is 4.06. The Labute approximate surface area is 72.9 Å². The highest BCUT2D eigenvalue weighted by atomic mass is 35.5. The lowest BCUT2D eigenvalue weighted by Gasteiger charge is -2.21.